The molecule has 2 aromatic rings. The lowest BCUT2D eigenvalue weighted by Gasteiger charge is -2.14. The Balaban J connectivity index is 1.99. The lowest BCUT2D eigenvalue weighted by atomic mass is 10.1. The van der Waals surface area contributed by atoms with Gasteiger partial charge in [0.1, 0.15) is 5.82 Å². The quantitative estimate of drug-likeness (QED) is 0.877. The lowest BCUT2D eigenvalue weighted by Crippen LogP contribution is -2.19. The Kier molecular flexibility index (Phi) is 3.75. The average molecular weight is 325 g/mol. The van der Waals surface area contributed by atoms with E-state index in [-0.39, 0.29) is 17.2 Å². The number of anilines is 1. The number of hydrogen-bond acceptors (Lipinski definition) is 3. The monoisotopic (exact) mass is 325 g/mol. The van der Waals surface area contributed by atoms with Gasteiger partial charge in [-0.15, -0.1) is 0 Å². The van der Waals surface area contributed by atoms with Crippen LogP contribution in [0, 0.1) is 11.7 Å². The van der Waals surface area contributed by atoms with Crippen molar-refractivity contribution in [2.45, 2.75) is 19.0 Å². The van der Waals surface area contributed by atoms with Crippen molar-refractivity contribution >= 4 is 11.6 Å². The van der Waals surface area contributed by atoms with Gasteiger partial charge in [-0.3, -0.25) is 9.78 Å². The van der Waals surface area contributed by atoms with Gasteiger partial charge in [0.25, 0.3) is 0 Å². The molecule has 2 aromatic heterocycles. The van der Waals surface area contributed by atoms with Crippen molar-refractivity contribution in [2.24, 2.45) is 5.92 Å². The lowest BCUT2D eigenvalue weighted by molar-refractivity contribution is -0.140. The molecule has 0 saturated heterocycles. The predicted octanol–water partition coefficient (Wildman–Crippen LogP) is 3.65. The van der Waals surface area contributed by atoms with Crippen LogP contribution in [-0.2, 0) is 11.0 Å². The second-order valence-corrected chi connectivity index (χ2v) is 5.25. The number of pyridine rings is 2. The second-order valence-electron chi connectivity index (χ2n) is 5.25. The van der Waals surface area contributed by atoms with Crippen molar-refractivity contribution in [3.05, 3.63) is 42.1 Å². The molecule has 120 valence electrons. The minimum atomic E-state index is -4.75. The van der Waals surface area contributed by atoms with E-state index in [4.69, 9.17) is 0 Å². The third-order valence-electron chi connectivity index (χ3n) is 3.37. The Bertz CT molecular complexity index is 757. The number of nitrogens with one attached hydrogen (secondary N) is 1. The Morgan fingerprint density at radius 3 is 2.57 bits per heavy atom. The van der Waals surface area contributed by atoms with Gasteiger partial charge in [-0.1, -0.05) is 0 Å². The van der Waals surface area contributed by atoms with Crippen molar-refractivity contribution in [1.82, 2.24) is 9.97 Å². The van der Waals surface area contributed by atoms with Crippen LogP contribution in [0.15, 0.2) is 30.6 Å². The van der Waals surface area contributed by atoms with Crippen LogP contribution >= 0.6 is 0 Å². The fourth-order valence-electron chi connectivity index (χ4n) is 2.07. The Morgan fingerprint density at radius 1 is 1.22 bits per heavy atom. The summed E-state index contributed by atoms with van der Waals surface area (Å²) in [6.07, 6.45) is -1.24. The van der Waals surface area contributed by atoms with E-state index in [9.17, 15) is 22.4 Å². The molecule has 1 N–H and O–H groups in total. The molecule has 0 spiro atoms. The maximum Gasteiger partial charge on any atom is 0.435 e. The average Bonchev–Trinajstić information content (AvgIpc) is 3.31. The molecular weight excluding hydrogens is 314 g/mol. The molecule has 0 bridgehead atoms. The van der Waals surface area contributed by atoms with Gasteiger partial charge < -0.3 is 5.32 Å². The van der Waals surface area contributed by atoms with Crippen LogP contribution in [0.4, 0.5) is 23.2 Å². The van der Waals surface area contributed by atoms with Gasteiger partial charge >= 0.3 is 6.18 Å². The summed E-state index contributed by atoms with van der Waals surface area (Å²) in [4.78, 5) is 18.8. The van der Waals surface area contributed by atoms with Gasteiger partial charge in [-0.05, 0) is 31.0 Å². The zero-order valence-electron chi connectivity index (χ0n) is 11.7. The summed E-state index contributed by atoms with van der Waals surface area (Å²) in [7, 11) is 0. The van der Waals surface area contributed by atoms with Crippen LogP contribution < -0.4 is 5.32 Å². The zero-order chi connectivity index (χ0) is 16.6. The van der Waals surface area contributed by atoms with Crippen LogP contribution in [0.3, 0.4) is 0 Å². The molecule has 0 aliphatic heterocycles. The summed E-state index contributed by atoms with van der Waals surface area (Å²) in [6, 6.07) is 3.45. The van der Waals surface area contributed by atoms with E-state index in [0.29, 0.717) is 12.8 Å². The minimum Gasteiger partial charge on any atom is -0.324 e. The summed E-state index contributed by atoms with van der Waals surface area (Å²) in [5.74, 6) is -1.36. The van der Waals surface area contributed by atoms with Crippen molar-refractivity contribution in [1.29, 1.82) is 0 Å². The van der Waals surface area contributed by atoms with E-state index in [1.807, 2.05) is 0 Å². The molecule has 1 fully saturated rings. The van der Waals surface area contributed by atoms with Crippen LogP contribution in [0.1, 0.15) is 18.5 Å². The number of nitrogens with zero attached hydrogens (tertiary/aromatic N) is 2. The summed E-state index contributed by atoms with van der Waals surface area (Å²) >= 11 is 0. The molecule has 8 heteroatoms. The van der Waals surface area contributed by atoms with Gasteiger partial charge in [0.15, 0.2) is 5.69 Å². The molecule has 1 aliphatic carbocycles. The molecule has 1 amide bonds. The SMILES string of the molecule is O=C(Nc1ccc(-c2cncc(F)c2)nc1C(F)(F)F)C1CC1. The Hall–Kier alpha value is -2.51. The van der Waals surface area contributed by atoms with Crippen LogP contribution in [0.5, 0.6) is 0 Å². The number of carbonyl (C=O) groups is 1. The van der Waals surface area contributed by atoms with Crippen LogP contribution in [0.25, 0.3) is 11.3 Å². The largest absolute Gasteiger partial charge is 0.435 e. The summed E-state index contributed by atoms with van der Waals surface area (Å²) < 4.78 is 52.7. The molecule has 0 aromatic carbocycles. The summed E-state index contributed by atoms with van der Waals surface area (Å²) in [6.45, 7) is 0. The third kappa shape index (κ3) is 3.46. The highest BCUT2D eigenvalue weighted by molar-refractivity contribution is 5.94. The highest BCUT2D eigenvalue weighted by atomic mass is 19.4. The van der Waals surface area contributed by atoms with E-state index >= 15 is 0 Å². The molecule has 3 rings (SSSR count). The van der Waals surface area contributed by atoms with Crippen molar-refractivity contribution in [2.75, 3.05) is 5.32 Å². The first-order valence-corrected chi connectivity index (χ1v) is 6.84. The molecule has 0 atom stereocenters. The maximum absolute atomic E-state index is 13.2. The molecule has 1 saturated carbocycles. The first-order valence-electron chi connectivity index (χ1n) is 6.84. The topological polar surface area (TPSA) is 54.9 Å². The number of alkyl halides is 3. The van der Waals surface area contributed by atoms with E-state index in [1.165, 1.54) is 12.3 Å². The number of amides is 1. The summed E-state index contributed by atoms with van der Waals surface area (Å²) in [5, 5.41) is 2.26. The first kappa shape index (κ1) is 15.4. The smallest absolute Gasteiger partial charge is 0.324 e. The van der Waals surface area contributed by atoms with E-state index in [1.54, 1.807) is 0 Å². The van der Waals surface area contributed by atoms with Gasteiger partial charge in [0, 0.05) is 17.7 Å². The van der Waals surface area contributed by atoms with E-state index in [2.05, 4.69) is 15.3 Å². The number of aromatic nitrogens is 2. The normalized spacial score (nSPS) is 14.6. The number of carbonyl (C=O) groups excluding carboxylic acids is 1. The molecule has 0 unspecified atom stereocenters. The molecule has 2 heterocycles. The minimum absolute atomic E-state index is 0.0752. The highest BCUT2D eigenvalue weighted by Gasteiger charge is 2.38. The molecule has 0 radical (unpaired) electrons. The molecule has 1 aliphatic rings. The van der Waals surface area contributed by atoms with Gasteiger partial charge in [0.2, 0.25) is 5.91 Å². The zero-order valence-corrected chi connectivity index (χ0v) is 11.7. The van der Waals surface area contributed by atoms with Crippen molar-refractivity contribution < 1.29 is 22.4 Å². The van der Waals surface area contributed by atoms with Crippen molar-refractivity contribution in [3.8, 4) is 11.3 Å². The van der Waals surface area contributed by atoms with Crippen molar-refractivity contribution in [3.63, 3.8) is 0 Å². The number of rotatable bonds is 3. The number of hydrogen-bond donors (Lipinski definition) is 1. The maximum atomic E-state index is 13.2. The van der Waals surface area contributed by atoms with Gasteiger partial charge in [0.05, 0.1) is 17.6 Å². The predicted molar refractivity (Wildman–Crippen MR) is 73.8 cm³/mol. The second kappa shape index (κ2) is 5.60. The fourth-order valence-corrected chi connectivity index (χ4v) is 2.07. The highest BCUT2D eigenvalue weighted by Crippen LogP contribution is 2.36. The number of halogens is 4. The fraction of sp³-hybridized carbons (Fsp3) is 0.267. The van der Waals surface area contributed by atoms with E-state index in [0.717, 1.165) is 18.3 Å². The molecule has 23 heavy (non-hydrogen) atoms. The van der Waals surface area contributed by atoms with Gasteiger partial charge in [-0.2, -0.15) is 13.2 Å². The Morgan fingerprint density at radius 2 is 1.96 bits per heavy atom. The first-order chi connectivity index (χ1) is 10.8. The Labute approximate surface area is 128 Å². The molecule has 4 nitrogen and oxygen atoms in total. The standard InChI is InChI=1S/C15H11F4N3O/c16-10-5-9(6-20-7-10)11-3-4-12(13(21-11)15(17,18)19)22-14(23)8-1-2-8/h3-8H,1-2H2,(H,22,23). The van der Waals surface area contributed by atoms with Gasteiger partial charge in [-0.25, -0.2) is 9.37 Å². The van der Waals surface area contributed by atoms with E-state index < -0.39 is 29.3 Å². The van der Waals surface area contributed by atoms with Crippen LogP contribution in [0.2, 0.25) is 0 Å². The third-order valence-corrected chi connectivity index (χ3v) is 3.37. The summed E-state index contributed by atoms with van der Waals surface area (Å²) in [5.41, 5.74) is -1.57. The molecular formula is C15H11F4N3O. The van der Waals surface area contributed by atoms with Crippen LogP contribution in [-0.4, -0.2) is 15.9 Å².